The van der Waals surface area contributed by atoms with E-state index in [1.807, 2.05) is 23.1 Å². The topological polar surface area (TPSA) is 52.7 Å². The molecule has 2 aromatic rings. The molecule has 0 fully saturated rings. The third-order valence-corrected chi connectivity index (χ3v) is 4.39. The highest BCUT2D eigenvalue weighted by molar-refractivity contribution is 6.07. The molecular formula is C20H23N3O2. The monoisotopic (exact) mass is 337 g/mol. The Morgan fingerprint density at radius 2 is 1.88 bits per heavy atom. The van der Waals surface area contributed by atoms with E-state index in [-0.39, 0.29) is 11.8 Å². The highest BCUT2D eigenvalue weighted by Crippen LogP contribution is 2.26. The number of carbonyl (C=O) groups excluding carboxylic acids is 2. The van der Waals surface area contributed by atoms with Gasteiger partial charge in [0, 0.05) is 43.0 Å². The summed E-state index contributed by atoms with van der Waals surface area (Å²) in [6, 6.07) is 15.2. The summed E-state index contributed by atoms with van der Waals surface area (Å²) < 4.78 is 0. The summed E-state index contributed by atoms with van der Waals surface area (Å²) >= 11 is 0. The Balaban J connectivity index is 1.90. The number of likely N-dealkylation sites (N-methyl/N-ethyl adjacent to an activating group) is 1. The number of fused-ring (bicyclic) bond motifs is 1. The molecule has 2 aromatic carbocycles. The Morgan fingerprint density at radius 1 is 1.08 bits per heavy atom. The molecule has 0 atom stereocenters. The van der Waals surface area contributed by atoms with E-state index in [0.29, 0.717) is 24.2 Å². The number of nitrogens with one attached hydrogen (secondary N) is 1. The van der Waals surface area contributed by atoms with Gasteiger partial charge in [-0.15, -0.1) is 0 Å². The van der Waals surface area contributed by atoms with Gasteiger partial charge in [0.25, 0.3) is 5.91 Å². The van der Waals surface area contributed by atoms with Crippen LogP contribution in [-0.2, 0) is 11.3 Å². The molecule has 130 valence electrons. The summed E-state index contributed by atoms with van der Waals surface area (Å²) in [6.45, 7) is 4.08. The Labute approximate surface area is 148 Å². The minimum absolute atomic E-state index is 0.0460. The van der Waals surface area contributed by atoms with E-state index in [4.69, 9.17) is 0 Å². The number of rotatable bonds is 3. The Morgan fingerprint density at radius 3 is 2.68 bits per heavy atom. The lowest BCUT2D eigenvalue weighted by molar-refractivity contribution is -0.115. The second-order valence-corrected chi connectivity index (χ2v) is 6.31. The first kappa shape index (κ1) is 17.2. The van der Waals surface area contributed by atoms with Gasteiger partial charge in [0.2, 0.25) is 5.91 Å². The summed E-state index contributed by atoms with van der Waals surface area (Å²) in [5, 5.41) is 2.81. The van der Waals surface area contributed by atoms with Crippen molar-refractivity contribution in [2.45, 2.75) is 19.9 Å². The number of benzene rings is 2. The largest absolute Gasteiger partial charge is 0.326 e. The Kier molecular flexibility index (Phi) is 5.14. The van der Waals surface area contributed by atoms with Crippen LogP contribution in [-0.4, -0.2) is 36.9 Å². The van der Waals surface area contributed by atoms with Crippen molar-refractivity contribution in [2.75, 3.05) is 30.4 Å². The predicted molar refractivity (Wildman–Crippen MR) is 99.8 cm³/mol. The first-order chi connectivity index (χ1) is 12.1. The van der Waals surface area contributed by atoms with Gasteiger partial charge in [-0.3, -0.25) is 9.59 Å². The predicted octanol–water partition coefficient (Wildman–Crippen LogP) is 3.13. The fourth-order valence-corrected chi connectivity index (χ4v) is 3.02. The number of hydrogen-bond donors (Lipinski definition) is 1. The van der Waals surface area contributed by atoms with Gasteiger partial charge >= 0.3 is 0 Å². The van der Waals surface area contributed by atoms with Gasteiger partial charge in [-0.2, -0.15) is 0 Å². The average Bonchev–Trinajstić information content (AvgIpc) is 2.79. The smallest absolute Gasteiger partial charge is 0.258 e. The van der Waals surface area contributed by atoms with Crippen LogP contribution in [0.15, 0.2) is 48.5 Å². The molecule has 2 amide bonds. The number of hydrogen-bond acceptors (Lipinski definition) is 3. The number of anilines is 2. The van der Waals surface area contributed by atoms with Crippen LogP contribution in [0.1, 0.15) is 29.3 Å². The second kappa shape index (κ2) is 7.49. The van der Waals surface area contributed by atoms with Crippen molar-refractivity contribution in [1.29, 1.82) is 0 Å². The van der Waals surface area contributed by atoms with Crippen molar-refractivity contribution in [3.63, 3.8) is 0 Å². The van der Waals surface area contributed by atoms with Crippen molar-refractivity contribution >= 4 is 23.2 Å². The van der Waals surface area contributed by atoms with Gasteiger partial charge in [0.05, 0.1) is 0 Å². The van der Waals surface area contributed by atoms with Gasteiger partial charge in [0.1, 0.15) is 0 Å². The maximum atomic E-state index is 13.1. The molecule has 1 aliphatic heterocycles. The minimum atomic E-state index is -0.0636. The Bertz CT molecular complexity index is 788. The van der Waals surface area contributed by atoms with E-state index in [1.54, 1.807) is 31.2 Å². The molecule has 0 unspecified atom stereocenters. The van der Waals surface area contributed by atoms with Crippen molar-refractivity contribution < 1.29 is 9.59 Å². The van der Waals surface area contributed by atoms with Crippen LogP contribution in [0.2, 0.25) is 0 Å². The van der Waals surface area contributed by atoms with Crippen LogP contribution in [0.25, 0.3) is 0 Å². The molecule has 0 bridgehead atoms. The number of nitrogens with zero attached hydrogens (tertiary/aromatic N) is 2. The molecule has 1 N–H and O–H groups in total. The standard InChI is InChI=1S/C20H23N3O2/c1-3-19(24)21-17-9-6-8-15(13-17)20(25)23-12-11-22(2)14-16-7-4-5-10-18(16)23/h4-10,13H,3,11-12,14H2,1-2H3,(H,21,24). The van der Waals surface area contributed by atoms with Crippen LogP contribution in [0.4, 0.5) is 11.4 Å². The van der Waals surface area contributed by atoms with E-state index in [9.17, 15) is 9.59 Å². The van der Waals surface area contributed by atoms with Crippen LogP contribution in [0.3, 0.4) is 0 Å². The van der Waals surface area contributed by atoms with Gasteiger partial charge in [0.15, 0.2) is 0 Å². The molecule has 0 radical (unpaired) electrons. The number of carbonyl (C=O) groups is 2. The molecule has 3 rings (SSSR count). The summed E-state index contributed by atoms with van der Waals surface area (Å²) in [5.41, 5.74) is 3.33. The van der Waals surface area contributed by atoms with Crippen molar-refractivity contribution in [1.82, 2.24) is 4.90 Å². The van der Waals surface area contributed by atoms with E-state index < -0.39 is 0 Å². The van der Waals surface area contributed by atoms with Crippen LogP contribution >= 0.6 is 0 Å². The maximum absolute atomic E-state index is 13.1. The van der Waals surface area contributed by atoms with Crippen LogP contribution in [0.5, 0.6) is 0 Å². The van der Waals surface area contributed by atoms with E-state index in [2.05, 4.69) is 23.3 Å². The lowest BCUT2D eigenvalue weighted by atomic mass is 10.1. The summed E-state index contributed by atoms with van der Waals surface area (Å²) in [7, 11) is 2.06. The fraction of sp³-hybridized carbons (Fsp3) is 0.300. The van der Waals surface area contributed by atoms with Gasteiger partial charge in [-0.25, -0.2) is 0 Å². The lowest BCUT2D eigenvalue weighted by Gasteiger charge is -2.23. The molecule has 0 aliphatic carbocycles. The summed E-state index contributed by atoms with van der Waals surface area (Å²) in [6.07, 6.45) is 0.407. The number of amides is 2. The molecule has 1 aliphatic rings. The van der Waals surface area contributed by atoms with Gasteiger partial charge < -0.3 is 15.1 Å². The third-order valence-electron chi connectivity index (χ3n) is 4.39. The van der Waals surface area contributed by atoms with Crippen LogP contribution < -0.4 is 10.2 Å². The quantitative estimate of drug-likeness (QED) is 0.936. The maximum Gasteiger partial charge on any atom is 0.258 e. The molecule has 0 aromatic heterocycles. The molecule has 25 heavy (non-hydrogen) atoms. The molecular weight excluding hydrogens is 314 g/mol. The van der Waals surface area contributed by atoms with Crippen molar-refractivity contribution in [3.05, 3.63) is 59.7 Å². The first-order valence-electron chi connectivity index (χ1n) is 8.56. The Hall–Kier alpha value is -2.66. The first-order valence-corrected chi connectivity index (χ1v) is 8.56. The second-order valence-electron chi connectivity index (χ2n) is 6.31. The zero-order valence-corrected chi connectivity index (χ0v) is 14.7. The highest BCUT2D eigenvalue weighted by atomic mass is 16.2. The SMILES string of the molecule is CCC(=O)Nc1cccc(C(=O)N2CCN(C)Cc3ccccc32)c1. The summed E-state index contributed by atoms with van der Waals surface area (Å²) in [5.74, 6) is -0.110. The molecule has 5 heteroatoms. The van der Waals surface area contributed by atoms with E-state index in [1.165, 1.54) is 0 Å². The highest BCUT2D eigenvalue weighted by Gasteiger charge is 2.23. The lowest BCUT2D eigenvalue weighted by Crippen LogP contribution is -2.35. The van der Waals surface area contributed by atoms with E-state index in [0.717, 1.165) is 24.3 Å². The molecule has 1 heterocycles. The van der Waals surface area contributed by atoms with Crippen molar-refractivity contribution in [2.24, 2.45) is 0 Å². The normalized spacial score (nSPS) is 14.6. The number of para-hydroxylation sites is 1. The van der Waals surface area contributed by atoms with E-state index >= 15 is 0 Å². The third kappa shape index (κ3) is 3.88. The van der Waals surface area contributed by atoms with Gasteiger partial charge in [-0.05, 0) is 36.9 Å². The summed E-state index contributed by atoms with van der Waals surface area (Å²) in [4.78, 5) is 28.8. The van der Waals surface area contributed by atoms with Crippen molar-refractivity contribution in [3.8, 4) is 0 Å². The zero-order chi connectivity index (χ0) is 17.8. The molecule has 0 spiro atoms. The van der Waals surface area contributed by atoms with Crippen LogP contribution in [0, 0.1) is 0 Å². The molecule has 0 saturated carbocycles. The minimum Gasteiger partial charge on any atom is -0.326 e. The fourth-order valence-electron chi connectivity index (χ4n) is 3.02. The zero-order valence-electron chi connectivity index (χ0n) is 14.7. The molecule has 0 saturated heterocycles. The average molecular weight is 337 g/mol. The molecule has 5 nitrogen and oxygen atoms in total. The van der Waals surface area contributed by atoms with Gasteiger partial charge in [-0.1, -0.05) is 31.2 Å².